The highest BCUT2D eigenvalue weighted by atomic mass is 16.5. The van der Waals surface area contributed by atoms with Gasteiger partial charge in [-0.25, -0.2) is 0 Å². The predicted octanol–water partition coefficient (Wildman–Crippen LogP) is 0.914. The Morgan fingerprint density at radius 1 is 1.29 bits per heavy atom. The molecule has 1 unspecified atom stereocenters. The molecule has 0 aromatic carbocycles. The molecule has 0 saturated heterocycles. The van der Waals surface area contributed by atoms with Gasteiger partial charge in [-0.2, -0.15) is 0 Å². The maximum atomic E-state index is 11.9. The van der Waals surface area contributed by atoms with Crippen LogP contribution >= 0.6 is 0 Å². The molecule has 0 rings (SSSR count). The number of carbonyl (C=O) groups is 2. The number of amides is 1. The molecule has 0 aromatic heterocycles. The number of hydrogen-bond acceptors (Lipinski definition) is 4. The van der Waals surface area contributed by atoms with Crippen molar-refractivity contribution >= 4 is 11.9 Å². The van der Waals surface area contributed by atoms with E-state index in [4.69, 9.17) is 5.73 Å². The lowest BCUT2D eigenvalue weighted by Gasteiger charge is -2.25. The van der Waals surface area contributed by atoms with Crippen LogP contribution in [0, 0.1) is 0 Å². The van der Waals surface area contributed by atoms with Crippen molar-refractivity contribution in [3.63, 3.8) is 0 Å². The molecule has 0 aliphatic heterocycles. The predicted molar refractivity (Wildman–Crippen MR) is 66.4 cm³/mol. The van der Waals surface area contributed by atoms with E-state index in [1.807, 2.05) is 20.8 Å². The Morgan fingerprint density at radius 3 is 2.29 bits per heavy atom. The van der Waals surface area contributed by atoms with E-state index in [-0.39, 0.29) is 30.5 Å². The van der Waals surface area contributed by atoms with E-state index in [2.05, 4.69) is 4.74 Å². The largest absolute Gasteiger partial charge is 0.468 e. The van der Waals surface area contributed by atoms with Crippen LogP contribution < -0.4 is 5.73 Å². The number of nitrogens with two attached hydrogens (primary N) is 1. The topological polar surface area (TPSA) is 72.6 Å². The average Bonchev–Trinajstić information content (AvgIpc) is 2.24. The molecule has 0 fully saturated rings. The first-order valence-electron chi connectivity index (χ1n) is 6.00. The summed E-state index contributed by atoms with van der Waals surface area (Å²) in [6, 6.07) is 0.104. The summed E-state index contributed by atoms with van der Waals surface area (Å²) in [5.74, 6) is -0.412. The minimum Gasteiger partial charge on any atom is -0.468 e. The van der Waals surface area contributed by atoms with Gasteiger partial charge in [0.1, 0.15) is 6.54 Å². The Morgan fingerprint density at radius 2 is 1.88 bits per heavy atom. The molecule has 0 heterocycles. The summed E-state index contributed by atoms with van der Waals surface area (Å²) >= 11 is 0. The Bertz CT molecular complexity index is 252. The first kappa shape index (κ1) is 15.9. The van der Waals surface area contributed by atoms with Gasteiger partial charge in [-0.05, 0) is 33.6 Å². The number of ether oxygens (including phenoxy) is 1. The van der Waals surface area contributed by atoms with Gasteiger partial charge in [-0.15, -0.1) is 0 Å². The van der Waals surface area contributed by atoms with E-state index < -0.39 is 0 Å². The molecule has 100 valence electrons. The van der Waals surface area contributed by atoms with Crippen molar-refractivity contribution in [2.45, 2.75) is 52.1 Å². The molecule has 1 amide bonds. The van der Waals surface area contributed by atoms with Crippen LogP contribution in [0.1, 0.15) is 40.0 Å². The normalized spacial score (nSPS) is 12.4. The molecule has 0 bridgehead atoms. The van der Waals surface area contributed by atoms with Gasteiger partial charge < -0.3 is 15.4 Å². The molecule has 5 heteroatoms. The van der Waals surface area contributed by atoms with Crippen molar-refractivity contribution in [2.75, 3.05) is 13.7 Å². The second kappa shape index (κ2) is 8.06. The minimum absolute atomic E-state index is 0.00287. The molecule has 2 N–H and O–H groups in total. The molecule has 0 spiro atoms. The van der Waals surface area contributed by atoms with Crippen molar-refractivity contribution in [3.8, 4) is 0 Å². The van der Waals surface area contributed by atoms with E-state index in [1.165, 1.54) is 12.0 Å². The number of hydrogen-bond donors (Lipinski definition) is 1. The average molecular weight is 244 g/mol. The highest BCUT2D eigenvalue weighted by Crippen LogP contribution is 2.06. The van der Waals surface area contributed by atoms with E-state index in [9.17, 15) is 9.59 Å². The summed E-state index contributed by atoms with van der Waals surface area (Å²) in [5, 5.41) is 0. The minimum atomic E-state index is -0.390. The molecule has 0 aliphatic rings. The van der Waals surface area contributed by atoms with E-state index >= 15 is 0 Å². The van der Waals surface area contributed by atoms with Gasteiger partial charge in [0.25, 0.3) is 0 Å². The zero-order valence-electron chi connectivity index (χ0n) is 11.2. The zero-order valence-corrected chi connectivity index (χ0v) is 11.2. The van der Waals surface area contributed by atoms with Crippen molar-refractivity contribution < 1.29 is 14.3 Å². The second-order valence-corrected chi connectivity index (χ2v) is 4.56. The standard InChI is InChI=1S/C12H24N2O3/c1-9(2)14(8-12(16)17-4)11(15)7-5-6-10(3)13/h9-10H,5-8,13H2,1-4H3. The molecule has 1 atom stereocenters. The third-order valence-corrected chi connectivity index (χ3v) is 2.52. The Hall–Kier alpha value is -1.10. The maximum absolute atomic E-state index is 11.9. The molecule has 17 heavy (non-hydrogen) atoms. The van der Waals surface area contributed by atoms with Crippen LogP contribution in [0.4, 0.5) is 0 Å². The van der Waals surface area contributed by atoms with Crippen LogP contribution in [0.3, 0.4) is 0 Å². The monoisotopic (exact) mass is 244 g/mol. The van der Waals surface area contributed by atoms with Gasteiger partial charge >= 0.3 is 5.97 Å². The summed E-state index contributed by atoms with van der Waals surface area (Å²) in [6.45, 7) is 5.70. The van der Waals surface area contributed by atoms with Crippen LogP contribution in [0.15, 0.2) is 0 Å². The smallest absolute Gasteiger partial charge is 0.325 e. The number of carbonyl (C=O) groups excluding carboxylic acids is 2. The number of methoxy groups -OCH3 is 1. The first-order chi connectivity index (χ1) is 7.88. The Labute approximate surface area is 103 Å². The lowest BCUT2D eigenvalue weighted by atomic mass is 10.1. The quantitative estimate of drug-likeness (QED) is 0.676. The highest BCUT2D eigenvalue weighted by molar-refractivity contribution is 5.82. The van der Waals surface area contributed by atoms with Gasteiger partial charge in [0.05, 0.1) is 7.11 Å². The fraction of sp³-hybridized carbons (Fsp3) is 0.833. The van der Waals surface area contributed by atoms with E-state index in [1.54, 1.807) is 0 Å². The number of nitrogens with zero attached hydrogens (tertiary/aromatic N) is 1. The zero-order chi connectivity index (χ0) is 13.4. The van der Waals surface area contributed by atoms with Crippen molar-refractivity contribution in [3.05, 3.63) is 0 Å². The molecule has 5 nitrogen and oxygen atoms in total. The molecule has 0 radical (unpaired) electrons. The fourth-order valence-electron chi connectivity index (χ4n) is 1.48. The fourth-order valence-corrected chi connectivity index (χ4v) is 1.48. The van der Waals surface area contributed by atoms with Gasteiger partial charge in [-0.3, -0.25) is 9.59 Å². The Balaban J connectivity index is 4.20. The van der Waals surface area contributed by atoms with E-state index in [0.29, 0.717) is 6.42 Å². The van der Waals surface area contributed by atoms with Crippen molar-refractivity contribution in [1.29, 1.82) is 0 Å². The SMILES string of the molecule is COC(=O)CN(C(=O)CCCC(C)N)C(C)C. The third-order valence-electron chi connectivity index (χ3n) is 2.52. The number of esters is 1. The lowest BCUT2D eigenvalue weighted by Crippen LogP contribution is -2.41. The van der Waals surface area contributed by atoms with Crippen LogP contribution in [0.2, 0.25) is 0 Å². The maximum Gasteiger partial charge on any atom is 0.325 e. The number of rotatable bonds is 7. The first-order valence-corrected chi connectivity index (χ1v) is 6.00. The summed E-state index contributed by atoms with van der Waals surface area (Å²) < 4.78 is 4.57. The molecule has 0 aromatic rings. The summed E-state index contributed by atoms with van der Waals surface area (Å²) in [7, 11) is 1.32. The van der Waals surface area contributed by atoms with Gasteiger partial charge in [0.2, 0.25) is 5.91 Å². The van der Waals surface area contributed by atoms with Crippen molar-refractivity contribution in [2.24, 2.45) is 5.73 Å². The molecular formula is C12H24N2O3. The van der Waals surface area contributed by atoms with E-state index in [0.717, 1.165) is 12.8 Å². The lowest BCUT2D eigenvalue weighted by molar-refractivity contribution is -0.148. The molecular weight excluding hydrogens is 220 g/mol. The Kier molecular flexibility index (Phi) is 7.54. The molecule has 0 saturated carbocycles. The summed E-state index contributed by atoms with van der Waals surface area (Å²) in [5.41, 5.74) is 5.62. The van der Waals surface area contributed by atoms with Gasteiger partial charge in [-0.1, -0.05) is 0 Å². The van der Waals surface area contributed by atoms with Gasteiger partial charge in [0.15, 0.2) is 0 Å². The summed E-state index contributed by atoms with van der Waals surface area (Å²) in [4.78, 5) is 24.6. The second-order valence-electron chi connectivity index (χ2n) is 4.56. The molecule has 0 aliphatic carbocycles. The van der Waals surface area contributed by atoms with Crippen LogP contribution in [0.5, 0.6) is 0 Å². The highest BCUT2D eigenvalue weighted by Gasteiger charge is 2.19. The van der Waals surface area contributed by atoms with Crippen LogP contribution in [-0.4, -0.2) is 42.5 Å². The third kappa shape index (κ3) is 6.94. The van der Waals surface area contributed by atoms with Crippen LogP contribution in [-0.2, 0) is 14.3 Å². The van der Waals surface area contributed by atoms with Gasteiger partial charge in [0, 0.05) is 18.5 Å². The van der Waals surface area contributed by atoms with Crippen LogP contribution in [0.25, 0.3) is 0 Å². The van der Waals surface area contributed by atoms with Crippen molar-refractivity contribution in [1.82, 2.24) is 4.90 Å². The summed E-state index contributed by atoms with van der Waals surface area (Å²) in [6.07, 6.45) is 1.99.